The van der Waals surface area contributed by atoms with Crippen molar-refractivity contribution in [2.75, 3.05) is 6.54 Å². The summed E-state index contributed by atoms with van der Waals surface area (Å²) in [7, 11) is 0. The summed E-state index contributed by atoms with van der Waals surface area (Å²) in [6.07, 6.45) is 3.37. The second-order valence-electron chi connectivity index (χ2n) is 8.16. The quantitative estimate of drug-likeness (QED) is 0.703. The fourth-order valence-electron chi connectivity index (χ4n) is 3.73. The molecule has 1 aliphatic rings. The highest BCUT2D eigenvalue weighted by atomic mass is 32.1. The Hall–Kier alpha value is -1.61. The van der Waals surface area contributed by atoms with Crippen molar-refractivity contribution in [2.45, 2.75) is 53.5 Å². The van der Waals surface area contributed by atoms with E-state index >= 15 is 0 Å². The van der Waals surface area contributed by atoms with Crippen molar-refractivity contribution < 1.29 is 4.79 Å². The average molecular weight is 356 g/mol. The Bertz CT molecular complexity index is 726. The molecule has 2 aromatic rings. The van der Waals surface area contributed by atoms with Crippen LogP contribution in [0.25, 0.3) is 0 Å². The van der Waals surface area contributed by atoms with Gasteiger partial charge < -0.3 is 4.90 Å². The Morgan fingerprint density at radius 3 is 2.60 bits per heavy atom. The van der Waals surface area contributed by atoms with E-state index in [1.54, 1.807) is 11.3 Å². The van der Waals surface area contributed by atoms with Gasteiger partial charge in [0.15, 0.2) is 0 Å². The minimum absolute atomic E-state index is 0.193. The van der Waals surface area contributed by atoms with Gasteiger partial charge in [-0.1, -0.05) is 51.1 Å². The van der Waals surface area contributed by atoms with E-state index in [-0.39, 0.29) is 5.91 Å². The van der Waals surface area contributed by atoms with E-state index in [2.05, 4.69) is 45.2 Å². The molecule has 2 nitrogen and oxygen atoms in total. The van der Waals surface area contributed by atoms with E-state index in [0.29, 0.717) is 17.9 Å². The molecule has 0 saturated carbocycles. The highest BCUT2D eigenvalue weighted by molar-refractivity contribution is 7.10. The van der Waals surface area contributed by atoms with Crippen molar-refractivity contribution in [1.29, 1.82) is 0 Å². The van der Waals surface area contributed by atoms with Crippen molar-refractivity contribution in [2.24, 2.45) is 11.3 Å². The fraction of sp³-hybridized carbons (Fsp3) is 0.500. The molecular formula is C22H29NOS. The summed E-state index contributed by atoms with van der Waals surface area (Å²) in [5, 5.41) is 2.10. The molecule has 0 N–H and O–H groups in total. The number of carbonyl (C=O) groups is 1. The molecule has 1 atom stereocenters. The van der Waals surface area contributed by atoms with Crippen LogP contribution in [0, 0.1) is 11.3 Å². The van der Waals surface area contributed by atoms with Crippen LogP contribution >= 0.6 is 11.3 Å². The van der Waals surface area contributed by atoms with Gasteiger partial charge in [0.05, 0.1) is 5.56 Å². The Morgan fingerprint density at radius 1 is 1.24 bits per heavy atom. The molecule has 0 fully saturated rings. The van der Waals surface area contributed by atoms with Crippen LogP contribution in [0.5, 0.6) is 0 Å². The second-order valence-corrected chi connectivity index (χ2v) is 9.13. The lowest BCUT2D eigenvalue weighted by Gasteiger charge is -2.34. The normalized spacial score (nSPS) is 17.2. The molecule has 1 heterocycles. The van der Waals surface area contributed by atoms with Gasteiger partial charge in [0, 0.05) is 23.3 Å². The lowest BCUT2D eigenvalue weighted by molar-refractivity contribution is 0.0751. The molecule has 0 saturated heterocycles. The highest BCUT2D eigenvalue weighted by Crippen LogP contribution is 2.40. The van der Waals surface area contributed by atoms with E-state index in [4.69, 9.17) is 0 Å². The van der Waals surface area contributed by atoms with Gasteiger partial charge in [-0.25, -0.2) is 0 Å². The molecule has 25 heavy (non-hydrogen) atoms. The van der Waals surface area contributed by atoms with Gasteiger partial charge >= 0.3 is 0 Å². The zero-order chi connectivity index (χ0) is 18.0. The van der Waals surface area contributed by atoms with Gasteiger partial charge in [0.25, 0.3) is 5.91 Å². The molecule has 1 aliphatic carbocycles. The maximum Gasteiger partial charge on any atom is 0.255 e. The largest absolute Gasteiger partial charge is 0.335 e. The zero-order valence-corrected chi connectivity index (χ0v) is 16.7. The van der Waals surface area contributed by atoms with Crippen molar-refractivity contribution in [1.82, 2.24) is 4.90 Å². The Balaban J connectivity index is 1.78. The molecular weight excluding hydrogens is 326 g/mol. The maximum absolute atomic E-state index is 13.1. The second kappa shape index (κ2) is 7.33. The molecule has 3 rings (SSSR count). The zero-order valence-electron chi connectivity index (χ0n) is 15.8. The summed E-state index contributed by atoms with van der Waals surface area (Å²) in [6.45, 7) is 10.5. The first kappa shape index (κ1) is 18.2. The maximum atomic E-state index is 13.1. The minimum Gasteiger partial charge on any atom is -0.335 e. The van der Waals surface area contributed by atoms with Crippen LogP contribution < -0.4 is 0 Å². The number of fused-ring (bicyclic) bond motifs is 1. The molecule has 3 heteroatoms. The lowest BCUT2D eigenvalue weighted by atomic mass is 9.72. The van der Waals surface area contributed by atoms with Crippen LogP contribution in [0.2, 0.25) is 0 Å². The highest BCUT2D eigenvalue weighted by Gasteiger charge is 2.32. The number of benzene rings is 1. The predicted molar refractivity (Wildman–Crippen MR) is 106 cm³/mol. The molecule has 1 aromatic heterocycles. The van der Waals surface area contributed by atoms with Crippen molar-refractivity contribution in [3.05, 3.63) is 57.3 Å². The third-order valence-electron chi connectivity index (χ3n) is 5.50. The van der Waals surface area contributed by atoms with E-state index < -0.39 is 0 Å². The number of amides is 1. The van der Waals surface area contributed by atoms with Crippen LogP contribution in [0.15, 0.2) is 35.7 Å². The van der Waals surface area contributed by atoms with E-state index in [9.17, 15) is 4.79 Å². The summed E-state index contributed by atoms with van der Waals surface area (Å²) < 4.78 is 0. The number of thiophene rings is 1. The number of hydrogen-bond acceptors (Lipinski definition) is 2. The van der Waals surface area contributed by atoms with E-state index in [1.807, 2.05) is 23.1 Å². The van der Waals surface area contributed by atoms with Gasteiger partial charge in [-0.15, -0.1) is 11.3 Å². The van der Waals surface area contributed by atoms with Gasteiger partial charge in [-0.05, 0) is 48.6 Å². The summed E-state index contributed by atoms with van der Waals surface area (Å²) in [6, 6.07) is 10.3. The number of rotatable bonds is 4. The number of hydrogen-bond donors (Lipinski definition) is 0. The molecule has 1 aromatic carbocycles. The van der Waals surface area contributed by atoms with Gasteiger partial charge in [0.1, 0.15) is 0 Å². The molecule has 0 aliphatic heterocycles. The van der Waals surface area contributed by atoms with Crippen LogP contribution in [0.3, 0.4) is 0 Å². The fourth-order valence-corrected chi connectivity index (χ4v) is 4.89. The molecule has 0 radical (unpaired) electrons. The molecule has 0 spiro atoms. The Labute approximate surface area is 155 Å². The Kier molecular flexibility index (Phi) is 5.33. The van der Waals surface area contributed by atoms with Crippen molar-refractivity contribution in [3.8, 4) is 0 Å². The van der Waals surface area contributed by atoms with Crippen molar-refractivity contribution >= 4 is 17.2 Å². The SMILES string of the molecule is CCN(Cc1ccccc1)C(=O)c1csc2c1CCC(C(C)(C)C)C2. The summed E-state index contributed by atoms with van der Waals surface area (Å²) in [5.41, 5.74) is 3.80. The third kappa shape index (κ3) is 3.98. The standard InChI is InChI=1S/C22H29NOS/c1-5-23(14-16-9-7-6-8-10-16)21(24)19-15-25-20-13-17(22(2,3)4)11-12-18(19)20/h6-10,15,17H,5,11-14H2,1-4H3. The van der Waals surface area contributed by atoms with Crippen LogP contribution in [0.1, 0.15) is 60.5 Å². The third-order valence-corrected chi connectivity index (χ3v) is 6.55. The molecule has 134 valence electrons. The summed E-state index contributed by atoms with van der Waals surface area (Å²) in [5.74, 6) is 0.909. The van der Waals surface area contributed by atoms with Gasteiger partial charge in [-0.2, -0.15) is 0 Å². The summed E-state index contributed by atoms with van der Waals surface area (Å²) in [4.78, 5) is 16.5. The topological polar surface area (TPSA) is 20.3 Å². The van der Waals surface area contributed by atoms with Crippen molar-refractivity contribution in [3.63, 3.8) is 0 Å². The summed E-state index contributed by atoms with van der Waals surface area (Å²) >= 11 is 1.79. The molecule has 1 unspecified atom stereocenters. The predicted octanol–water partition coefficient (Wildman–Crippen LogP) is 5.56. The van der Waals surface area contributed by atoms with Crippen LogP contribution in [-0.4, -0.2) is 17.4 Å². The first-order valence-corrected chi connectivity index (χ1v) is 10.2. The smallest absolute Gasteiger partial charge is 0.255 e. The Morgan fingerprint density at radius 2 is 1.96 bits per heavy atom. The first-order chi connectivity index (χ1) is 11.9. The van der Waals surface area contributed by atoms with E-state index in [1.165, 1.54) is 22.4 Å². The van der Waals surface area contributed by atoms with Crippen LogP contribution in [0.4, 0.5) is 0 Å². The van der Waals surface area contributed by atoms with Crippen LogP contribution in [-0.2, 0) is 19.4 Å². The number of nitrogens with zero attached hydrogens (tertiary/aromatic N) is 1. The number of carbonyl (C=O) groups excluding carboxylic acids is 1. The average Bonchev–Trinajstić information content (AvgIpc) is 3.02. The molecule has 0 bridgehead atoms. The van der Waals surface area contributed by atoms with Gasteiger partial charge in [-0.3, -0.25) is 4.79 Å². The monoisotopic (exact) mass is 355 g/mol. The first-order valence-electron chi connectivity index (χ1n) is 9.32. The molecule has 1 amide bonds. The minimum atomic E-state index is 0.193. The van der Waals surface area contributed by atoms with Gasteiger partial charge in [0.2, 0.25) is 0 Å². The lowest BCUT2D eigenvalue weighted by Crippen LogP contribution is -2.31. The van der Waals surface area contributed by atoms with E-state index in [0.717, 1.165) is 24.9 Å².